The monoisotopic (exact) mass is 305 g/mol. The van der Waals surface area contributed by atoms with E-state index in [4.69, 9.17) is 0 Å². The fourth-order valence-electron chi connectivity index (χ4n) is 2.92. The van der Waals surface area contributed by atoms with Gasteiger partial charge < -0.3 is 14.9 Å². The second-order valence-electron chi connectivity index (χ2n) is 6.04. The molecular weight excluding hydrogens is 278 g/mol. The maximum Gasteiger partial charge on any atom is 0.236 e. The minimum atomic E-state index is 0.0719. The maximum atomic E-state index is 12.5. The van der Waals surface area contributed by atoms with Crippen LogP contribution in [0.4, 0.5) is 0 Å². The van der Waals surface area contributed by atoms with E-state index in [1.807, 2.05) is 35.0 Å². The number of aliphatic hydroxyl groups excluding tert-OH is 1. The summed E-state index contributed by atoms with van der Waals surface area (Å²) < 4.78 is 0. The highest BCUT2D eigenvalue weighted by molar-refractivity contribution is 5.78. The average molecular weight is 305 g/mol. The number of piperazine rings is 1. The number of amides is 1. The fraction of sp³-hybridized carbons (Fsp3) is 0.588. The van der Waals surface area contributed by atoms with Gasteiger partial charge in [-0.2, -0.15) is 0 Å². The quantitative estimate of drug-likeness (QED) is 0.845. The van der Waals surface area contributed by atoms with Crippen LogP contribution in [0.25, 0.3) is 0 Å². The molecule has 1 atom stereocenters. The Hall–Kier alpha value is -1.43. The molecule has 0 radical (unpaired) electrons. The zero-order valence-corrected chi connectivity index (χ0v) is 13.6. The average Bonchev–Trinajstić information content (AvgIpc) is 2.53. The molecule has 1 aliphatic heterocycles. The van der Waals surface area contributed by atoms with Crippen molar-refractivity contribution in [3.8, 4) is 0 Å². The molecule has 1 heterocycles. The van der Waals surface area contributed by atoms with Crippen molar-refractivity contribution in [1.29, 1.82) is 0 Å². The molecule has 0 saturated carbocycles. The number of nitrogens with zero attached hydrogens (tertiary/aromatic N) is 3. The number of likely N-dealkylation sites (N-methyl/N-ethyl adjacent to an activating group) is 2. The number of carbonyl (C=O) groups excluding carboxylic acids is 1. The van der Waals surface area contributed by atoms with Crippen molar-refractivity contribution in [3.05, 3.63) is 35.9 Å². The third-order valence-electron chi connectivity index (χ3n) is 4.36. The molecule has 0 aliphatic carbocycles. The van der Waals surface area contributed by atoms with Gasteiger partial charge in [0.1, 0.15) is 0 Å². The molecule has 2 rings (SSSR count). The highest BCUT2D eigenvalue weighted by atomic mass is 16.3. The first-order valence-electron chi connectivity index (χ1n) is 7.94. The van der Waals surface area contributed by atoms with Gasteiger partial charge in [-0.25, -0.2) is 0 Å². The normalized spacial score (nSPS) is 17.7. The Morgan fingerprint density at radius 3 is 2.45 bits per heavy atom. The molecule has 1 saturated heterocycles. The molecule has 1 fully saturated rings. The molecule has 5 nitrogen and oxygen atoms in total. The van der Waals surface area contributed by atoms with Gasteiger partial charge in [0.15, 0.2) is 0 Å². The number of rotatable bonds is 6. The molecule has 5 heteroatoms. The summed E-state index contributed by atoms with van der Waals surface area (Å²) >= 11 is 0. The van der Waals surface area contributed by atoms with E-state index in [2.05, 4.69) is 24.1 Å². The summed E-state index contributed by atoms with van der Waals surface area (Å²) in [6.45, 7) is 4.00. The molecule has 0 spiro atoms. The van der Waals surface area contributed by atoms with Gasteiger partial charge >= 0.3 is 0 Å². The summed E-state index contributed by atoms with van der Waals surface area (Å²) in [5.41, 5.74) is 1.14. The first-order chi connectivity index (χ1) is 10.6. The number of hydrogen-bond acceptors (Lipinski definition) is 4. The second kappa shape index (κ2) is 8.27. The molecule has 1 aromatic rings. The maximum absolute atomic E-state index is 12.5. The molecule has 122 valence electrons. The van der Waals surface area contributed by atoms with E-state index in [1.165, 1.54) is 0 Å². The topological polar surface area (TPSA) is 47.0 Å². The molecule has 1 N–H and O–H groups in total. The van der Waals surface area contributed by atoms with E-state index in [9.17, 15) is 9.90 Å². The minimum absolute atomic E-state index is 0.0719. The summed E-state index contributed by atoms with van der Waals surface area (Å²) in [6.07, 6.45) is 0.635. The van der Waals surface area contributed by atoms with Crippen LogP contribution in [-0.2, 0) is 4.79 Å². The van der Waals surface area contributed by atoms with E-state index in [0.717, 1.165) is 31.7 Å². The molecule has 22 heavy (non-hydrogen) atoms. The molecule has 0 bridgehead atoms. The van der Waals surface area contributed by atoms with Gasteiger partial charge in [0.2, 0.25) is 5.91 Å². The Balaban J connectivity index is 1.96. The molecule has 1 aliphatic rings. The van der Waals surface area contributed by atoms with E-state index >= 15 is 0 Å². The summed E-state index contributed by atoms with van der Waals surface area (Å²) in [6, 6.07) is 10.2. The SMILES string of the molecule is CN1CCN(C(=O)CN(C)C(CCO)c2ccccc2)CC1. The van der Waals surface area contributed by atoms with Crippen molar-refractivity contribution in [3.63, 3.8) is 0 Å². The lowest BCUT2D eigenvalue weighted by Crippen LogP contribution is -2.50. The third-order valence-corrected chi connectivity index (χ3v) is 4.36. The van der Waals surface area contributed by atoms with Crippen LogP contribution in [-0.4, -0.2) is 79.1 Å². The van der Waals surface area contributed by atoms with Crippen LogP contribution >= 0.6 is 0 Å². The number of carbonyl (C=O) groups is 1. The molecule has 1 amide bonds. The second-order valence-corrected chi connectivity index (χ2v) is 6.04. The lowest BCUT2D eigenvalue weighted by atomic mass is 10.0. The largest absolute Gasteiger partial charge is 0.396 e. The Labute approximate surface area is 133 Å². The van der Waals surface area contributed by atoms with Gasteiger partial charge in [-0.15, -0.1) is 0 Å². The van der Waals surface area contributed by atoms with Crippen molar-refractivity contribution in [2.24, 2.45) is 0 Å². The number of benzene rings is 1. The predicted octanol–water partition coefficient (Wildman–Crippen LogP) is 0.816. The molecular formula is C17H27N3O2. The highest BCUT2D eigenvalue weighted by Crippen LogP contribution is 2.22. The van der Waals surface area contributed by atoms with Gasteiger partial charge in [0.05, 0.1) is 6.54 Å². The minimum Gasteiger partial charge on any atom is -0.396 e. The van der Waals surface area contributed by atoms with Crippen LogP contribution in [0.2, 0.25) is 0 Å². The van der Waals surface area contributed by atoms with Gasteiger partial charge in [0, 0.05) is 38.8 Å². The molecule has 1 aromatic carbocycles. The number of aliphatic hydroxyl groups is 1. The van der Waals surface area contributed by atoms with Gasteiger partial charge in [-0.3, -0.25) is 9.69 Å². The smallest absolute Gasteiger partial charge is 0.236 e. The first-order valence-corrected chi connectivity index (χ1v) is 7.94. The van der Waals surface area contributed by atoms with E-state index in [0.29, 0.717) is 13.0 Å². The van der Waals surface area contributed by atoms with Crippen molar-refractivity contribution in [2.45, 2.75) is 12.5 Å². The zero-order chi connectivity index (χ0) is 15.9. The Kier molecular flexibility index (Phi) is 6.36. The van der Waals surface area contributed by atoms with Crippen LogP contribution in [0.3, 0.4) is 0 Å². The predicted molar refractivity (Wildman–Crippen MR) is 87.6 cm³/mol. The summed E-state index contributed by atoms with van der Waals surface area (Å²) in [5, 5.41) is 9.33. The van der Waals surface area contributed by atoms with E-state index in [-0.39, 0.29) is 18.6 Å². The molecule has 0 aromatic heterocycles. The first kappa shape index (κ1) is 16.9. The standard InChI is InChI=1S/C17H27N3O2/c1-18-9-11-20(12-10-18)17(22)14-19(2)16(8-13-21)15-6-4-3-5-7-15/h3-7,16,21H,8-14H2,1-2H3. The summed E-state index contributed by atoms with van der Waals surface area (Å²) in [4.78, 5) is 18.7. The third kappa shape index (κ3) is 4.53. The van der Waals surface area contributed by atoms with Gasteiger partial charge in [0.25, 0.3) is 0 Å². The van der Waals surface area contributed by atoms with Crippen molar-refractivity contribution in [2.75, 3.05) is 53.4 Å². The van der Waals surface area contributed by atoms with Crippen LogP contribution < -0.4 is 0 Å². The van der Waals surface area contributed by atoms with Crippen molar-refractivity contribution in [1.82, 2.24) is 14.7 Å². The Bertz CT molecular complexity index is 458. The lowest BCUT2D eigenvalue weighted by molar-refractivity contribution is -0.134. The zero-order valence-electron chi connectivity index (χ0n) is 13.6. The summed E-state index contributed by atoms with van der Waals surface area (Å²) in [5.74, 6) is 0.175. The number of hydrogen-bond donors (Lipinski definition) is 1. The fourth-order valence-corrected chi connectivity index (χ4v) is 2.92. The van der Waals surface area contributed by atoms with Crippen LogP contribution in [0.15, 0.2) is 30.3 Å². The van der Waals surface area contributed by atoms with E-state index in [1.54, 1.807) is 0 Å². The van der Waals surface area contributed by atoms with Gasteiger partial charge in [-0.05, 0) is 26.1 Å². The van der Waals surface area contributed by atoms with Crippen molar-refractivity contribution < 1.29 is 9.90 Å². The Morgan fingerprint density at radius 1 is 1.23 bits per heavy atom. The van der Waals surface area contributed by atoms with Crippen LogP contribution in [0.5, 0.6) is 0 Å². The highest BCUT2D eigenvalue weighted by Gasteiger charge is 2.23. The van der Waals surface area contributed by atoms with Crippen molar-refractivity contribution >= 4 is 5.91 Å². The van der Waals surface area contributed by atoms with Gasteiger partial charge in [-0.1, -0.05) is 30.3 Å². The van der Waals surface area contributed by atoms with E-state index < -0.39 is 0 Å². The Morgan fingerprint density at radius 2 is 1.86 bits per heavy atom. The van der Waals surface area contributed by atoms with Crippen LogP contribution in [0, 0.1) is 0 Å². The van der Waals surface area contributed by atoms with Crippen LogP contribution in [0.1, 0.15) is 18.0 Å². The molecule has 1 unspecified atom stereocenters. The lowest BCUT2D eigenvalue weighted by Gasteiger charge is -2.35. The summed E-state index contributed by atoms with van der Waals surface area (Å²) in [7, 11) is 4.04.